The number of hydrazine groups is 1. The first-order valence-corrected chi connectivity index (χ1v) is 8.81. The number of para-hydroxylation sites is 1. The fourth-order valence-corrected chi connectivity index (χ4v) is 2.40. The summed E-state index contributed by atoms with van der Waals surface area (Å²) in [5.74, 6) is -0.0161. The van der Waals surface area contributed by atoms with E-state index in [2.05, 4.69) is 10.9 Å². The van der Waals surface area contributed by atoms with Crippen LogP contribution in [-0.2, 0) is 11.4 Å². The monoisotopic (exact) mass is 372 g/mol. The van der Waals surface area contributed by atoms with Gasteiger partial charge in [-0.3, -0.25) is 20.4 Å². The molecule has 0 spiro atoms. The molecule has 5 heteroatoms. The summed E-state index contributed by atoms with van der Waals surface area (Å²) in [6.07, 6.45) is 3.03. The molecule has 0 radical (unpaired) electrons. The molecule has 0 unspecified atom stereocenters. The number of carbonyl (C=O) groups excluding carboxylic acids is 2. The number of ether oxygens (including phenoxy) is 1. The minimum absolute atomic E-state index is 0.392. The van der Waals surface area contributed by atoms with Crippen molar-refractivity contribution < 1.29 is 14.3 Å². The van der Waals surface area contributed by atoms with Crippen molar-refractivity contribution in [1.29, 1.82) is 0 Å². The molecule has 0 bridgehead atoms. The minimum Gasteiger partial charge on any atom is -0.489 e. The van der Waals surface area contributed by atoms with Gasteiger partial charge in [-0.2, -0.15) is 0 Å². The van der Waals surface area contributed by atoms with E-state index >= 15 is 0 Å². The Kier molecular flexibility index (Phi) is 6.57. The van der Waals surface area contributed by atoms with Crippen molar-refractivity contribution in [1.82, 2.24) is 10.9 Å². The van der Waals surface area contributed by atoms with Gasteiger partial charge in [0.1, 0.15) is 12.4 Å². The molecule has 3 rings (SSSR count). The van der Waals surface area contributed by atoms with Crippen LogP contribution < -0.4 is 15.6 Å². The van der Waals surface area contributed by atoms with E-state index in [4.69, 9.17) is 4.74 Å². The first kappa shape index (κ1) is 18.9. The molecule has 5 nitrogen and oxygen atoms in total. The zero-order chi connectivity index (χ0) is 19.6. The van der Waals surface area contributed by atoms with Gasteiger partial charge in [0.15, 0.2) is 0 Å². The molecule has 0 heterocycles. The molecule has 0 saturated heterocycles. The zero-order valence-corrected chi connectivity index (χ0v) is 15.2. The lowest BCUT2D eigenvalue weighted by atomic mass is 10.1. The van der Waals surface area contributed by atoms with Crippen LogP contribution >= 0.6 is 0 Å². The number of hydrogen-bond acceptors (Lipinski definition) is 3. The van der Waals surface area contributed by atoms with Crippen molar-refractivity contribution in [3.05, 3.63) is 108 Å². The second-order valence-corrected chi connectivity index (χ2v) is 5.99. The van der Waals surface area contributed by atoms with Crippen LogP contribution in [0.2, 0.25) is 0 Å². The van der Waals surface area contributed by atoms with Crippen LogP contribution in [0.4, 0.5) is 0 Å². The molecule has 0 atom stereocenters. The number of benzene rings is 3. The summed E-state index contributed by atoms with van der Waals surface area (Å²) >= 11 is 0. The van der Waals surface area contributed by atoms with Gasteiger partial charge in [0.2, 0.25) is 0 Å². The number of nitrogens with one attached hydrogen (secondary N) is 2. The Hall–Kier alpha value is -3.86. The lowest BCUT2D eigenvalue weighted by Gasteiger charge is -2.08. The van der Waals surface area contributed by atoms with Crippen molar-refractivity contribution in [3.63, 3.8) is 0 Å². The van der Waals surface area contributed by atoms with Gasteiger partial charge in [-0.05, 0) is 41.5 Å². The SMILES string of the molecule is O=C(/C=C/c1ccccc1)NNC(=O)c1ccc(COc2ccccc2)cc1. The van der Waals surface area contributed by atoms with E-state index in [1.165, 1.54) is 6.08 Å². The third kappa shape index (κ3) is 5.85. The van der Waals surface area contributed by atoms with Gasteiger partial charge >= 0.3 is 0 Å². The lowest BCUT2D eigenvalue weighted by molar-refractivity contribution is -0.117. The lowest BCUT2D eigenvalue weighted by Crippen LogP contribution is -2.40. The first-order chi connectivity index (χ1) is 13.7. The smallest absolute Gasteiger partial charge is 0.269 e. The topological polar surface area (TPSA) is 67.4 Å². The van der Waals surface area contributed by atoms with E-state index in [1.807, 2.05) is 72.8 Å². The molecule has 2 amide bonds. The molecule has 28 heavy (non-hydrogen) atoms. The van der Waals surface area contributed by atoms with Crippen molar-refractivity contribution in [2.75, 3.05) is 0 Å². The van der Waals surface area contributed by atoms with Gasteiger partial charge in [0.25, 0.3) is 11.8 Å². The predicted octanol–water partition coefficient (Wildman–Crippen LogP) is 3.74. The Morgan fingerprint density at radius 3 is 2.11 bits per heavy atom. The van der Waals surface area contributed by atoms with Crippen molar-refractivity contribution in [2.45, 2.75) is 6.61 Å². The van der Waals surface area contributed by atoms with Gasteiger partial charge < -0.3 is 4.74 Å². The fourth-order valence-electron chi connectivity index (χ4n) is 2.40. The first-order valence-electron chi connectivity index (χ1n) is 8.81. The van der Waals surface area contributed by atoms with Crippen LogP contribution in [0.3, 0.4) is 0 Å². The highest BCUT2D eigenvalue weighted by molar-refractivity contribution is 5.97. The molecule has 140 valence electrons. The second-order valence-electron chi connectivity index (χ2n) is 5.99. The minimum atomic E-state index is -0.412. The predicted molar refractivity (Wildman–Crippen MR) is 108 cm³/mol. The van der Waals surface area contributed by atoms with Crippen LogP contribution in [0.15, 0.2) is 91.0 Å². The summed E-state index contributed by atoms with van der Waals surface area (Å²) < 4.78 is 5.67. The number of hydrogen-bond donors (Lipinski definition) is 2. The highest BCUT2D eigenvalue weighted by atomic mass is 16.5. The summed E-state index contributed by atoms with van der Waals surface area (Å²) in [6.45, 7) is 0.410. The fraction of sp³-hybridized carbons (Fsp3) is 0.0435. The molecule has 0 aromatic heterocycles. The summed E-state index contributed by atoms with van der Waals surface area (Å²) in [6, 6.07) is 25.9. The molecule has 0 aliphatic rings. The van der Waals surface area contributed by atoms with Gasteiger partial charge in [0.05, 0.1) is 0 Å². The van der Waals surface area contributed by atoms with E-state index in [-0.39, 0.29) is 0 Å². The van der Waals surface area contributed by atoms with E-state index in [0.717, 1.165) is 16.9 Å². The van der Waals surface area contributed by atoms with E-state index < -0.39 is 11.8 Å². The van der Waals surface area contributed by atoms with Crippen LogP contribution in [0, 0.1) is 0 Å². The summed E-state index contributed by atoms with van der Waals surface area (Å²) in [4.78, 5) is 23.9. The summed E-state index contributed by atoms with van der Waals surface area (Å²) in [5.41, 5.74) is 7.03. The van der Waals surface area contributed by atoms with Crippen molar-refractivity contribution >= 4 is 17.9 Å². The number of carbonyl (C=O) groups is 2. The summed E-state index contributed by atoms with van der Waals surface area (Å²) in [5, 5.41) is 0. The zero-order valence-electron chi connectivity index (χ0n) is 15.2. The molecule has 3 aromatic rings. The maximum absolute atomic E-state index is 12.1. The Morgan fingerprint density at radius 2 is 1.43 bits per heavy atom. The van der Waals surface area contributed by atoms with E-state index in [1.54, 1.807) is 18.2 Å². The van der Waals surface area contributed by atoms with Gasteiger partial charge in [-0.15, -0.1) is 0 Å². The van der Waals surface area contributed by atoms with Gasteiger partial charge in [0, 0.05) is 11.6 Å². The molecule has 0 aliphatic heterocycles. The largest absolute Gasteiger partial charge is 0.489 e. The number of rotatable bonds is 6. The molecule has 0 fully saturated rings. The van der Waals surface area contributed by atoms with Crippen LogP contribution in [0.1, 0.15) is 21.5 Å². The Bertz CT molecular complexity index is 937. The molecular formula is C23H20N2O3. The second kappa shape index (κ2) is 9.73. The molecule has 2 N–H and O–H groups in total. The Labute approximate surface area is 163 Å². The molecule has 0 saturated carbocycles. The number of amides is 2. The quantitative estimate of drug-likeness (QED) is 0.512. The van der Waals surface area contributed by atoms with Gasteiger partial charge in [-0.1, -0.05) is 60.7 Å². The van der Waals surface area contributed by atoms with Crippen LogP contribution in [-0.4, -0.2) is 11.8 Å². The normalized spacial score (nSPS) is 10.4. The standard InChI is InChI=1S/C23H20N2O3/c26-22(16-13-18-7-3-1-4-8-18)24-25-23(27)20-14-11-19(12-15-20)17-28-21-9-5-2-6-10-21/h1-16H,17H2,(H,24,26)(H,25,27)/b16-13+. The highest BCUT2D eigenvalue weighted by Gasteiger charge is 2.06. The van der Waals surface area contributed by atoms with Crippen molar-refractivity contribution in [2.24, 2.45) is 0 Å². The average Bonchev–Trinajstić information content (AvgIpc) is 2.76. The Balaban J connectivity index is 1.46. The maximum atomic E-state index is 12.1. The third-order valence-electron chi connectivity index (χ3n) is 3.89. The Morgan fingerprint density at radius 1 is 0.786 bits per heavy atom. The van der Waals surface area contributed by atoms with Crippen LogP contribution in [0.5, 0.6) is 5.75 Å². The van der Waals surface area contributed by atoms with Gasteiger partial charge in [-0.25, -0.2) is 0 Å². The molecular weight excluding hydrogens is 352 g/mol. The maximum Gasteiger partial charge on any atom is 0.269 e. The summed E-state index contributed by atoms with van der Waals surface area (Å²) in [7, 11) is 0. The average molecular weight is 372 g/mol. The van der Waals surface area contributed by atoms with E-state index in [0.29, 0.717) is 12.2 Å². The third-order valence-corrected chi connectivity index (χ3v) is 3.89. The van der Waals surface area contributed by atoms with E-state index in [9.17, 15) is 9.59 Å². The van der Waals surface area contributed by atoms with Crippen molar-refractivity contribution in [3.8, 4) is 5.75 Å². The molecule has 0 aliphatic carbocycles. The highest BCUT2D eigenvalue weighted by Crippen LogP contribution is 2.12. The molecule has 3 aromatic carbocycles. The van der Waals surface area contributed by atoms with Crippen LogP contribution in [0.25, 0.3) is 6.08 Å².